The molecule has 0 atom stereocenters. The van der Waals surface area contributed by atoms with Gasteiger partial charge in [0.2, 0.25) is 5.89 Å². The summed E-state index contributed by atoms with van der Waals surface area (Å²) in [5.74, 6) is 1.58. The number of unbranched alkanes of at least 4 members (excludes halogenated alkanes) is 1. The number of rotatable bonds is 6. The number of oxazole rings is 1. The van der Waals surface area contributed by atoms with E-state index in [1.165, 1.54) is 0 Å². The Labute approximate surface area is 120 Å². The lowest BCUT2D eigenvalue weighted by Gasteiger charge is -1.93. The minimum Gasteiger partial charge on any atom is -0.436 e. The predicted molar refractivity (Wildman–Crippen MR) is 84.4 cm³/mol. The SMILES string of the molecule is C/C=C\C=C/c1oc(-c2ccccc2)nc1CCCC. The first kappa shape index (κ1) is 14.3. The first-order valence-corrected chi connectivity index (χ1v) is 7.19. The number of nitrogens with zero attached hydrogens (tertiary/aromatic N) is 1. The van der Waals surface area contributed by atoms with E-state index >= 15 is 0 Å². The fourth-order valence-corrected chi connectivity index (χ4v) is 1.98. The van der Waals surface area contributed by atoms with Crippen LogP contribution >= 0.6 is 0 Å². The quantitative estimate of drug-likeness (QED) is 0.666. The van der Waals surface area contributed by atoms with E-state index in [0.717, 1.165) is 36.3 Å². The first-order chi connectivity index (χ1) is 9.85. The van der Waals surface area contributed by atoms with Gasteiger partial charge in [0.15, 0.2) is 5.76 Å². The molecular formula is C18H21NO. The molecule has 0 unspecified atom stereocenters. The Hall–Kier alpha value is -2.09. The van der Waals surface area contributed by atoms with Crippen molar-refractivity contribution in [3.05, 3.63) is 60.0 Å². The molecule has 0 amide bonds. The monoisotopic (exact) mass is 267 g/mol. The molecule has 0 saturated heterocycles. The smallest absolute Gasteiger partial charge is 0.226 e. The summed E-state index contributed by atoms with van der Waals surface area (Å²) in [6.07, 6.45) is 11.2. The molecule has 0 aliphatic rings. The second kappa shape index (κ2) is 7.49. The van der Waals surface area contributed by atoms with Crippen LogP contribution in [0.2, 0.25) is 0 Å². The van der Waals surface area contributed by atoms with E-state index in [1.54, 1.807) is 0 Å². The van der Waals surface area contributed by atoms with E-state index in [0.29, 0.717) is 5.89 Å². The number of hydrogen-bond donors (Lipinski definition) is 0. The van der Waals surface area contributed by atoms with Crippen molar-refractivity contribution in [3.63, 3.8) is 0 Å². The van der Waals surface area contributed by atoms with E-state index < -0.39 is 0 Å². The third-order valence-electron chi connectivity index (χ3n) is 3.07. The molecule has 1 aromatic carbocycles. The van der Waals surface area contributed by atoms with Gasteiger partial charge in [0.1, 0.15) is 0 Å². The maximum atomic E-state index is 5.91. The third-order valence-corrected chi connectivity index (χ3v) is 3.07. The Balaban J connectivity index is 2.31. The highest BCUT2D eigenvalue weighted by Crippen LogP contribution is 2.24. The zero-order chi connectivity index (χ0) is 14.2. The number of aryl methyl sites for hydroxylation is 1. The molecule has 0 bridgehead atoms. The number of aromatic nitrogens is 1. The van der Waals surface area contributed by atoms with Gasteiger partial charge >= 0.3 is 0 Å². The topological polar surface area (TPSA) is 26.0 Å². The fourth-order valence-electron chi connectivity index (χ4n) is 1.98. The van der Waals surface area contributed by atoms with Crippen LogP contribution in [0.4, 0.5) is 0 Å². The third kappa shape index (κ3) is 3.70. The van der Waals surface area contributed by atoms with Gasteiger partial charge in [-0.3, -0.25) is 0 Å². The lowest BCUT2D eigenvalue weighted by Crippen LogP contribution is -1.87. The molecule has 104 valence electrons. The highest BCUT2D eigenvalue weighted by atomic mass is 16.4. The Morgan fingerprint density at radius 3 is 2.65 bits per heavy atom. The van der Waals surface area contributed by atoms with Crippen molar-refractivity contribution in [1.82, 2.24) is 4.98 Å². The molecular weight excluding hydrogens is 246 g/mol. The molecule has 0 fully saturated rings. The van der Waals surface area contributed by atoms with Crippen LogP contribution in [-0.4, -0.2) is 4.98 Å². The molecule has 0 N–H and O–H groups in total. The second-order valence-electron chi connectivity index (χ2n) is 4.68. The van der Waals surface area contributed by atoms with Gasteiger partial charge in [0.25, 0.3) is 0 Å². The maximum Gasteiger partial charge on any atom is 0.226 e. The summed E-state index contributed by atoms with van der Waals surface area (Å²) in [7, 11) is 0. The predicted octanol–water partition coefficient (Wildman–Crippen LogP) is 5.27. The minimum atomic E-state index is 0.705. The summed E-state index contributed by atoms with van der Waals surface area (Å²) in [4.78, 5) is 4.65. The summed E-state index contributed by atoms with van der Waals surface area (Å²) < 4.78 is 5.91. The zero-order valence-corrected chi connectivity index (χ0v) is 12.2. The van der Waals surface area contributed by atoms with Gasteiger partial charge in [0, 0.05) is 5.56 Å². The van der Waals surface area contributed by atoms with E-state index in [1.807, 2.05) is 61.6 Å². The minimum absolute atomic E-state index is 0.705. The van der Waals surface area contributed by atoms with E-state index in [2.05, 4.69) is 11.9 Å². The summed E-state index contributed by atoms with van der Waals surface area (Å²) in [6, 6.07) is 10.0. The van der Waals surface area contributed by atoms with Crippen LogP contribution in [0, 0.1) is 0 Å². The normalized spacial score (nSPS) is 11.7. The van der Waals surface area contributed by atoms with Crippen molar-refractivity contribution in [2.45, 2.75) is 33.1 Å². The summed E-state index contributed by atoms with van der Waals surface area (Å²) in [5, 5.41) is 0. The summed E-state index contributed by atoms with van der Waals surface area (Å²) >= 11 is 0. The molecule has 0 aliphatic carbocycles. The lowest BCUT2D eigenvalue weighted by atomic mass is 10.1. The van der Waals surface area contributed by atoms with Crippen molar-refractivity contribution >= 4 is 6.08 Å². The molecule has 1 aromatic heterocycles. The first-order valence-electron chi connectivity index (χ1n) is 7.19. The average Bonchev–Trinajstić information content (AvgIpc) is 2.89. The molecule has 2 heteroatoms. The van der Waals surface area contributed by atoms with E-state index in [9.17, 15) is 0 Å². The van der Waals surface area contributed by atoms with Crippen molar-refractivity contribution in [2.75, 3.05) is 0 Å². The molecule has 1 heterocycles. The molecule has 0 aliphatic heterocycles. The van der Waals surface area contributed by atoms with E-state index in [4.69, 9.17) is 4.42 Å². The van der Waals surface area contributed by atoms with Crippen LogP contribution in [0.3, 0.4) is 0 Å². The molecule has 2 nitrogen and oxygen atoms in total. The van der Waals surface area contributed by atoms with Crippen LogP contribution in [0.5, 0.6) is 0 Å². The van der Waals surface area contributed by atoms with Crippen LogP contribution in [0.15, 0.2) is 53.0 Å². The highest BCUT2D eigenvalue weighted by Gasteiger charge is 2.11. The van der Waals surface area contributed by atoms with Crippen molar-refractivity contribution in [2.24, 2.45) is 0 Å². The number of hydrogen-bond acceptors (Lipinski definition) is 2. The zero-order valence-electron chi connectivity index (χ0n) is 12.2. The molecule has 0 spiro atoms. The van der Waals surface area contributed by atoms with Crippen LogP contribution < -0.4 is 0 Å². The van der Waals surface area contributed by atoms with Gasteiger partial charge in [-0.2, -0.15) is 0 Å². The summed E-state index contributed by atoms with van der Waals surface area (Å²) in [5.41, 5.74) is 2.07. The van der Waals surface area contributed by atoms with Gasteiger partial charge in [-0.05, 0) is 38.0 Å². The Bertz CT molecular complexity index is 579. The fraction of sp³-hybridized carbons (Fsp3) is 0.278. The van der Waals surface area contributed by atoms with Gasteiger partial charge < -0.3 is 4.42 Å². The molecule has 2 rings (SSSR count). The van der Waals surface area contributed by atoms with Crippen LogP contribution in [-0.2, 0) is 6.42 Å². The van der Waals surface area contributed by atoms with Crippen LogP contribution in [0.25, 0.3) is 17.5 Å². The van der Waals surface area contributed by atoms with E-state index in [-0.39, 0.29) is 0 Å². The largest absolute Gasteiger partial charge is 0.436 e. The Morgan fingerprint density at radius 2 is 1.95 bits per heavy atom. The van der Waals surface area contributed by atoms with Crippen molar-refractivity contribution in [3.8, 4) is 11.5 Å². The number of benzene rings is 1. The molecule has 0 saturated carbocycles. The molecule has 0 radical (unpaired) electrons. The molecule has 2 aromatic rings. The second-order valence-corrected chi connectivity index (χ2v) is 4.68. The van der Waals surface area contributed by atoms with Gasteiger partial charge in [-0.15, -0.1) is 0 Å². The summed E-state index contributed by atoms with van der Waals surface area (Å²) in [6.45, 7) is 4.19. The van der Waals surface area contributed by atoms with Crippen molar-refractivity contribution < 1.29 is 4.42 Å². The Kier molecular flexibility index (Phi) is 5.36. The van der Waals surface area contributed by atoms with Gasteiger partial charge in [0.05, 0.1) is 5.69 Å². The Morgan fingerprint density at radius 1 is 1.15 bits per heavy atom. The van der Waals surface area contributed by atoms with Crippen LogP contribution in [0.1, 0.15) is 38.1 Å². The number of allylic oxidation sites excluding steroid dienone is 3. The van der Waals surface area contributed by atoms with Crippen molar-refractivity contribution in [1.29, 1.82) is 0 Å². The van der Waals surface area contributed by atoms with Gasteiger partial charge in [-0.1, -0.05) is 49.8 Å². The maximum absolute atomic E-state index is 5.91. The standard InChI is InChI=1S/C18H21NO/c1-3-5-8-14-17-16(13-6-4-2)19-18(20-17)15-11-9-7-10-12-15/h3,5,7-12,14H,4,6,13H2,1-2H3/b5-3-,14-8-. The highest BCUT2D eigenvalue weighted by molar-refractivity contribution is 5.57. The van der Waals surface area contributed by atoms with Gasteiger partial charge in [-0.25, -0.2) is 4.98 Å². The molecule has 20 heavy (non-hydrogen) atoms. The lowest BCUT2D eigenvalue weighted by molar-refractivity contribution is 0.561. The average molecular weight is 267 g/mol.